The minimum atomic E-state index is -1.03. The van der Waals surface area contributed by atoms with Crippen LogP contribution >= 0.6 is 11.3 Å². The van der Waals surface area contributed by atoms with Gasteiger partial charge in [0, 0.05) is 22.5 Å². The maximum atomic E-state index is 11.6. The summed E-state index contributed by atoms with van der Waals surface area (Å²) < 4.78 is 0. The number of carbonyl (C=O) groups is 2. The van der Waals surface area contributed by atoms with Crippen molar-refractivity contribution in [2.45, 2.75) is 12.8 Å². The van der Waals surface area contributed by atoms with E-state index in [2.05, 4.69) is 10.3 Å². The molecule has 0 unspecified atom stereocenters. The lowest BCUT2D eigenvalue weighted by molar-refractivity contribution is -0.117. The molecule has 1 saturated carbocycles. The van der Waals surface area contributed by atoms with E-state index in [0.29, 0.717) is 5.01 Å². The Bertz CT molecular complexity index is 659. The third-order valence-corrected chi connectivity index (χ3v) is 3.96. The van der Waals surface area contributed by atoms with Gasteiger partial charge in [0.2, 0.25) is 5.91 Å². The Morgan fingerprint density at radius 3 is 2.50 bits per heavy atom. The molecule has 2 N–H and O–H groups in total. The number of anilines is 1. The van der Waals surface area contributed by atoms with E-state index in [1.165, 1.54) is 16.7 Å². The first-order valence-corrected chi connectivity index (χ1v) is 7.11. The molecule has 20 heavy (non-hydrogen) atoms. The summed E-state index contributed by atoms with van der Waals surface area (Å²) in [5, 5.41) is 13.9. The van der Waals surface area contributed by atoms with Crippen LogP contribution in [0.4, 0.5) is 5.69 Å². The second-order valence-corrected chi connectivity index (χ2v) is 5.54. The average Bonchev–Trinajstić information content (AvgIpc) is 3.17. The molecule has 0 aliphatic heterocycles. The molecule has 102 valence electrons. The second-order valence-electron chi connectivity index (χ2n) is 4.68. The molecule has 5 nitrogen and oxygen atoms in total. The number of amides is 1. The summed E-state index contributed by atoms with van der Waals surface area (Å²) in [5.74, 6) is -0.784. The van der Waals surface area contributed by atoms with Gasteiger partial charge >= 0.3 is 5.97 Å². The fourth-order valence-corrected chi connectivity index (χ4v) is 2.59. The molecule has 1 aliphatic carbocycles. The molecule has 0 spiro atoms. The van der Waals surface area contributed by atoms with E-state index >= 15 is 0 Å². The molecule has 1 aromatic heterocycles. The van der Waals surface area contributed by atoms with E-state index in [9.17, 15) is 9.59 Å². The van der Waals surface area contributed by atoms with Crippen molar-refractivity contribution in [1.82, 2.24) is 4.98 Å². The van der Waals surface area contributed by atoms with Crippen LogP contribution in [0.2, 0.25) is 0 Å². The highest BCUT2D eigenvalue weighted by Gasteiger charge is 2.29. The Kier molecular flexibility index (Phi) is 3.23. The lowest BCUT2D eigenvalue weighted by Gasteiger charge is -2.04. The number of carboxylic acid groups (broad SMARTS) is 1. The van der Waals surface area contributed by atoms with Crippen LogP contribution in [0, 0.1) is 5.92 Å². The van der Waals surface area contributed by atoms with Crippen LogP contribution in [0.15, 0.2) is 29.6 Å². The lowest BCUT2D eigenvalue weighted by atomic mass is 10.2. The van der Waals surface area contributed by atoms with Crippen molar-refractivity contribution in [1.29, 1.82) is 0 Å². The zero-order valence-corrected chi connectivity index (χ0v) is 11.3. The van der Waals surface area contributed by atoms with Gasteiger partial charge in [0.05, 0.1) is 0 Å². The smallest absolute Gasteiger partial charge is 0.355 e. The van der Waals surface area contributed by atoms with E-state index in [1.54, 1.807) is 12.1 Å². The van der Waals surface area contributed by atoms with Gasteiger partial charge in [-0.2, -0.15) is 0 Å². The van der Waals surface area contributed by atoms with Crippen LogP contribution < -0.4 is 5.32 Å². The van der Waals surface area contributed by atoms with Crippen molar-refractivity contribution in [2.75, 3.05) is 5.32 Å². The molecule has 1 amide bonds. The van der Waals surface area contributed by atoms with E-state index < -0.39 is 5.97 Å². The van der Waals surface area contributed by atoms with Crippen molar-refractivity contribution in [3.8, 4) is 10.6 Å². The van der Waals surface area contributed by atoms with Gasteiger partial charge in [0.25, 0.3) is 0 Å². The van der Waals surface area contributed by atoms with Crippen molar-refractivity contribution in [3.05, 3.63) is 35.3 Å². The minimum Gasteiger partial charge on any atom is -0.476 e. The number of nitrogens with one attached hydrogen (secondary N) is 1. The van der Waals surface area contributed by atoms with Crippen LogP contribution in [0.1, 0.15) is 23.3 Å². The average molecular weight is 288 g/mol. The van der Waals surface area contributed by atoms with Gasteiger partial charge in [-0.05, 0) is 37.1 Å². The molecule has 6 heteroatoms. The van der Waals surface area contributed by atoms with Gasteiger partial charge in [0.15, 0.2) is 5.69 Å². The highest BCUT2D eigenvalue weighted by atomic mass is 32.1. The summed E-state index contributed by atoms with van der Waals surface area (Å²) in [6, 6.07) is 7.26. The number of thiazole rings is 1. The number of carbonyl (C=O) groups excluding carboxylic acids is 1. The van der Waals surface area contributed by atoms with Crippen molar-refractivity contribution in [3.63, 3.8) is 0 Å². The first kappa shape index (κ1) is 12.8. The summed E-state index contributed by atoms with van der Waals surface area (Å²) in [6.45, 7) is 0. The quantitative estimate of drug-likeness (QED) is 0.906. The predicted molar refractivity (Wildman–Crippen MR) is 75.9 cm³/mol. The number of hydrogen-bond donors (Lipinski definition) is 2. The largest absolute Gasteiger partial charge is 0.476 e. The number of aromatic nitrogens is 1. The first-order chi connectivity index (χ1) is 9.63. The Balaban J connectivity index is 1.74. The molecule has 0 bridgehead atoms. The summed E-state index contributed by atoms with van der Waals surface area (Å²) in [4.78, 5) is 26.4. The van der Waals surface area contributed by atoms with E-state index in [-0.39, 0.29) is 17.5 Å². The van der Waals surface area contributed by atoms with Crippen molar-refractivity contribution >= 4 is 28.9 Å². The van der Waals surface area contributed by atoms with Gasteiger partial charge in [-0.25, -0.2) is 9.78 Å². The zero-order valence-electron chi connectivity index (χ0n) is 10.5. The number of aromatic carboxylic acids is 1. The molecule has 1 fully saturated rings. The third kappa shape index (κ3) is 2.70. The fourth-order valence-electron chi connectivity index (χ4n) is 1.79. The van der Waals surface area contributed by atoms with Crippen LogP contribution in [0.3, 0.4) is 0 Å². The number of benzene rings is 1. The molecule has 0 radical (unpaired) electrons. The Hall–Kier alpha value is -2.21. The van der Waals surface area contributed by atoms with Crippen LogP contribution in [-0.4, -0.2) is 22.0 Å². The second kappa shape index (κ2) is 5.05. The van der Waals surface area contributed by atoms with E-state index in [1.807, 2.05) is 12.1 Å². The molecule has 1 aliphatic rings. The summed E-state index contributed by atoms with van der Waals surface area (Å²) in [6.07, 6.45) is 1.95. The monoisotopic (exact) mass is 288 g/mol. The van der Waals surface area contributed by atoms with Gasteiger partial charge in [-0.15, -0.1) is 11.3 Å². The van der Waals surface area contributed by atoms with E-state index in [0.717, 1.165) is 24.1 Å². The maximum absolute atomic E-state index is 11.6. The van der Waals surface area contributed by atoms with Crippen LogP contribution in [0.5, 0.6) is 0 Å². The lowest BCUT2D eigenvalue weighted by Crippen LogP contribution is -2.12. The van der Waals surface area contributed by atoms with E-state index in [4.69, 9.17) is 5.11 Å². The SMILES string of the molecule is O=C(O)c1csc(-c2ccc(NC(=O)C3CC3)cc2)n1. The maximum Gasteiger partial charge on any atom is 0.355 e. The van der Waals surface area contributed by atoms with Crippen molar-refractivity contribution in [2.24, 2.45) is 5.92 Å². The molecular weight excluding hydrogens is 276 g/mol. The van der Waals surface area contributed by atoms with Crippen molar-refractivity contribution < 1.29 is 14.7 Å². The summed E-state index contributed by atoms with van der Waals surface area (Å²) >= 11 is 1.29. The number of rotatable bonds is 4. The number of nitrogens with zero attached hydrogens (tertiary/aromatic N) is 1. The highest BCUT2D eigenvalue weighted by Crippen LogP contribution is 2.30. The molecule has 2 aromatic rings. The summed E-state index contributed by atoms with van der Waals surface area (Å²) in [5.41, 5.74) is 1.64. The molecule has 0 atom stereocenters. The standard InChI is InChI=1S/C14H12N2O3S/c17-12(8-1-2-8)15-10-5-3-9(4-6-10)13-16-11(7-20-13)14(18)19/h3-8H,1-2H2,(H,15,17)(H,18,19). The third-order valence-electron chi connectivity index (χ3n) is 3.07. The Labute approximate surface area is 119 Å². The Morgan fingerprint density at radius 1 is 1.25 bits per heavy atom. The van der Waals surface area contributed by atoms with Crippen LogP contribution in [0.25, 0.3) is 10.6 Å². The van der Waals surface area contributed by atoms with Gasteiger partial charge in [0.1, 0.15) is 5.01 Å². The van der Waals surface area contributed by atoms with Crippen LogP contribution in [-0.2, 0) is 4.79 Å². The highest BCUT2D eigenvalue weighted by molar-refractivity contribution is 7.13. The predicted octanol–water partition coefficient (Wildman–Crippen LogP) is 2.86. The summed E-state index contributed by atoms with van der Waals surface area (Å²) in [7, 11) is 0. The molecule has 3 rings (SSSR count). The Morgan fingerprint density at radius 2 is 1.95 bits per heavy atom. The topological polar surface area (TPSA) is 79.3 Å². The molecular formula is C14H12N2O3S. The minimum absolute atomic E-state index is 0.0520. The van der Waals surface area contributed by atoms with Gasteiger partial charge in [-0.1, -0.05) is 0 Å². The number of carboxylic acids is 1. The normalized spacial score (nSPS) is 14.0. The van der Waals surface area contributed by atoms with Gasteiger partial charge in [-0.3, -0.25) is 4.79 Å². The van der Waals surface area contributed by atoms with Gasteiger partial charge < -0.3 is 10.4 Å². The number of hydrogen-bond acceptors (Lipinski definition) is 4. The molecule has 1 heterocycles. The molecule has 0 saturated heterocycles. The molecule has 1 aromatic carbocycles. The fraction of sp³-hybridized carbons (Fsp3) is 0.214. The zero-order chi connectivity index (χ0) is 14.1. The first-order valence-electron chi connectivity index (χ1n) is 6.23.